The molecule has 0 radical (unpaired) electrons. The van der Waals surface area contributed by atoms with Crippen molar-refractivity contribution in [3.63, 3.8) is 0 Å². The number of anilines is 1. The molecule has 1 atom stereocenters. The van der Waals surface area contributed by atoms with E-state index in [9.17, 15) is 13.2 Å². The highest BCUT2D eigenvalue weighted by Crippen LogP contribution is 2.35. The van der Waals surface area contributed by atoms with Crippen molar-refractivity contribution in [1.82, 2.24) is 4.90 Å². The maximum atomic E-state index is 12.9. The molecule has 0 aliphatic carbocycles. The third-order valence-electron chi connectivity index (χ3n) is 4.38. The van der Waals surface area contributed by atoms with E-state index in [1.54, 1.807) is 6.07 Å². The van der Waals surface area contributed by atoms with Gasteiger partial charge in [0.15, 0.2) is 0 Å². The predicted octanol–water partition coefficient (Wildman–Crippen LogP) is 4.03. The lowest BCUT2D eigenvalue weighted by Gasteiger charge is -2.28. The van der Waals surface area contributed by atoms with E-state index in [0.717, 1.165) is 45.1 Å². The van der Waals surface area contributed by atoms with Gasteiger partial charge in [-0.1, -0.05) is 11.6 Å². The Morgan fingerprint density at radius 3 is 2.57 bits per heavy atom. The molecule has 2 fully saturated rings. The molecule has 0 saturated carbocycles. The molecule has 1 unspecified atom stereocenters. The average molecular weight is 319 g/mol. The number of nitrogens with zero attached hydrogens (tertiary/aromatic N) is 2. The molecular formula is C15H18ClF3N2. The average Bonchev–Trinajstić information content (AvgIpc) is 2.74. The fourth-order valence-electron chi connectivity index (χ4n) is 3.36. The highest BCUT2D eigenvalue weighted by atomic mass is 35.5. The zero-order chi connectivity index (χ0) is 15.0. The van der Waals surface area contributed by atoms with Crippen LogP contribution in [-0.4, -0.2) is 37.1 Å². The Labute approximate surface area is 127 Å². The molecule has 0 bridgehead atoms. The number of hydrogen-bond donors (Lipinski definition) is 0. The second-order valence-electron chi connectivity index (χ2n) is 5.83. The minimum atomic E-state index is -4.36. The first-order valence-electron chi connectivity index (χ1n) is 7.30. The molecule has 6 heteroatoms. The summed E-state index contributed by atoms with van der Waals surface area (Å²) < 4.78 is 38.8. The lowest BCUT2D eigenvalue weighted by atomic mass is 10.1. The SMILES string of the molecule is FC(F)(F)c1cc(Cl)cc(N2CCCN3CCCC3C2)c1. The molecule has 0 amide bonds. The molecule has 2 aliphatic heterocycles. The molecule has 116 valence electrons. The smallest absolute Gasteiger partial charge is 0.370 e. The van der Waals surface area contributed by atoms with E-state index in [1.807, 2.05) is 0 Å². The van der Waals surface area contributed by atoms with Crippen molar-refractivity contribution in [2.75, 3.05) is 31.1 Å². The first kappa shape index (κ1) is 15.0. The van der Waals surface area contributed by atoms with E-state index >= 15 is 0 Å². The van der Waals surface area contributed by atoms with Crippen molar-refractivity contribution >= 4 is 17.3 Å². The molecule has 2 heterocycles. The summed E-state index contributed by atoms with van der Waals surface area (Å²) >= 11 is 5.89. The summed E-state index contributed by atoms with van der Waals surface area (Å²) in [5.74, 6) is 0. The van der Waals surface area contributed by atoms with E-state index in [1.165, 1.54) is 12.5 Å². The van der Waals surface area contributed by atoms with Gasteiger partial charge < -0.3 is 4.90 Å². The molecule has 2 nitrogen and oxygen atoms in total. The van der Waals surface area contributed by atoms with Gasteiger partial charge in [0.25, 0.3) is 0 Å². The van der Waals surface area contributed by atoms with E-state index < -0.39 is 11.7 Å². The molecule has 0 spiro atoms. The van der Waals surface area contributed by atoms with Gasteiger partial charge in [0, 0.05) is 36.4 Å². The van der Waals surface area contributed by atoms with Crippen molar-refractivity contribution in [3.8, 4) is 0 Å². The minimum absolute atomic E-state index is 0.146. The lowest BCUT2D eigenvalue weighted by Crippen LogP contribution is -2.36. The Kier molecular flexibility index (Phi) is 4.06. The van der Waals surface area contributed by atoms with E-state index in [4.69, 9.17) is 11.6 Å². The number of rotatable bonds is 1. The molecule has 21 heavy (non-hydrogen) atoms. The number of alkyl halides is 3. The van der Waals surface area contributed by atoms with Gasteiger partial charge in [-0.3, -0.25) is 4.90 Å². The zero-order valence-electron chi connectivity index (χ0n) is 11.7. The summed E-state index contributed by atoms with van der Waals surface area (Å²) in [7, 11) is 0. The number of fused-ring (bicyclic) bond motifs is 1. The minimum Gasteiger partial charge on any atom is -0.370 e. The summed E-state index contributed by atoms with van der Waals surface area (Å²) in [5.41, 5.74) is -0.0823. The van der Waals surface area contributed by atoms with E-state index in [2.05, 4.69) is 9.80 Å². The molecule has 2 aliphatic rings. The summed E-state index contributed by atoms with van der Waals surface area (Å²) in [6.45, 7) is 3.72. The Balaban J connectivity index is 1.87. The maximum Gasteiger partial charge on any atom is 0.416 e. The van der Waals surface area contributed by atoms with Gasteiger partial charge in [-0.05, 0) is 44.0 Å². The Hall–Kier alpha value is -0.940. The van der Waals surface area contributed by atoms with Crippen molar-refractivity contribution < 1.29 is 13.2 Å². The zero-order valence-corrected chi connectivity index (χ0v) is 12.4. The quantitative estimate of drug-likeness (QED) is 0.771. The topological polar surface area (TPSA) is 6.48 Å². The van der Waals surface area contributed by atoms with Gasteiger partial charge in [-0.25, -0.2) is 0 Å². The van der Waals surface area contributed by atoms with Crippen molar-refractivity contribution in [1.29, 1.82) is 0 Å². The number of halogens is 4. The number of hydrogen-bond acceptors (Lipinski definition) is 2. The van der Waals surface area contributed by atoms with Gasteiger partial charge >= 0.3 is 6.18 Å². The lowest BCUT2D eigenvalue weighted by molar-refractivity contribution is -0.137. The maximum absolute atomic E-state index is 12.9. The van der Waals surface area contributed by atoms with Crippen LogP contribution in [-0.2, 0) is 6.18 Å². The van der Waals surface area contributed by atoms with Gasteiger partial charge in [0.05, 0.1) is 5.56 Å². The molecule has 0 aromatic heterocycles. The van der Waals surface area contributed by atoms with Crippen molar-refractivity contribution in [2.45, 2.75) is 31.5 Å². The molecule has 2 saturated heterocycles. The van der Waals surface area contributed by atoms with Crippen LogP contribution in [0.15, 0.2) is 18.2 Å². The Bertz CT molecular complexity index is 518. The van der Waals surface area contributed by atoms with Gasteiger partial charge in [-0.15, -0.1) is 0 Å². The van der Waals surface area contributed by atoms with Crippen molar-refractivity contribution in [3.05, 3.63) is 28.8 Å². The Morgan fingerprint density at radius 2 is 1.81 bits per heavy atom. The largest absolute Gasteiger partial charge is 0.416 e. The van der Waals surface area contributed by atoms with Gasteiger partial charge in [0.1, 0.15) is 0 Å². The van der Waals surface area contributed by atoms with Crippen LogP contribution >= 0.6 is 11.6 Å². The van der Waals surface area contributed by atoms with E-state index in [-0.39, 0.29) is 5.02 Å². The van der Waals surface area contributed by atoms with Crippen LogP contribution in [0.2, 0.25) is 5.02 Å². The molecule has 3 rings (SSSR count). The molecular weight excluding hydrogens is 301 g/mol. The normalized spacial score (nSPS) is 24.0. The van der Waals surface area contributed by atoms with Gasteiger partial charge in [0.2, 0.25) is 0 Å². The molecule has 1 aromatic carbocycles. The monoisotopic (exact) mass is 318 g/mol. The third kappa shape index (κ3) is 3.29. The Morgan fingerprint density at radius 1 is 1.05 bits per heavy atom. The van der Waals surface area contributed by atoms with E-state index in [0.29, 0.717) is 11.7 Å². The first-order chi connectivity index (χ1) is 9.93. The van der Waals surface area contributed by atoms with Crippen LogP contribution in [0.3, 0.4) is 0 Å². The summed E-state index contributed by atoms with van der Waals surface area (Å²) in [6, 6.07) is 4.31. The molecule has 1 aromatic rings. The third-order valence-corrected chi connectivity index (χ3v) is 4.60. The second kappa shape index (κ2) is 5.69. The number of benzene rings is 1. The highest BCUT2D eigenvalue weighted by molar-refractivity contribution is 6.30. The van der Waals surface area contributed by atoms with Crippen LogP contribution in [0.1, 0.15) is 24.8 Å². The van der Waals surface area contributed by atoms with Gasteiger partial charge in [-0.2, -0.15) is 13.2 Å². The summed E-state index contributed by atoms with van der Waals surface area (Å²) in [5, 5.41) is 0.146. The fourth-order valence-corrected chi connectivity index (χ4v) is 3.59. The summed E-state index contributed by atoms with van der Waals surface area (Å²) in [6.07, 6.45) is -1.07. The van der Waals surface area contributed by atoms with Crippen LogP contribution in [0.5, 0.6) is 0 Å². The second-order valence-corrected chi connectivity index (χ2v) is 6.26. The standard InChI is InChI=1S/C15H18ClF3N2/c16-12-7-11(15(17,18)19)8-14(9-12)21-6-2-5-20-4-1-3-13(20)10-21/h7-9,13H,1-6,10H2. The summed E-state index contributed by atoms with van der Waals surface area (Å²) in [4.78, 5) is 4.51. The first-order valence-corrected chi connectivity index (χ1v) is 7.68. The highest BCUT2D eigenvalue weighted by Gasteiger charge is 2.33. The van der Waals surface area contributed by atoms with Crippen LogP contribution < -0.4 is 4.90 Å². The fraction of sp³-hybridized carbons (Fsp3) is 0.600. The van der Waals surface area contributed by atoms with Crippen LogP contribution in [0, 0.1) is 0 Å². The predicted molar refractivity (Wildman–Crippen MR) is 77.9 cm³/mol. The van der Waals surface area contributed by atoms with Crippen molar-refractivity contribution in [2.24, 2.45) is 0 Å². The van der Waals surface area contributed by atoms with Crippen LogP contribution in [0.4, 0.5) is 18.9 Å². The van der Waals surface area contributed by atoms with Crippen LogP contribution in [0.25, 0.3) is 0 Å². The molecule has 0 N–H and O–H groups in total.